The van der Waals surface area contributed by atoms with Crippen LogP contribution in [0.2, 0.25) is 23.2 Å². The molecule has 0 rings (SSSR count). The molecule has 0 N–H and O–H groups in total. The molecule has 0 aromatic heterocycles. The molecule has 0 radical (unpaired) electrons. The van der Waals surface area contributed by atoms with Crippen LogP contribution < -0.4 is 0 Å². The second kappa shape index (κ2) is 4.11. The molecule has 0 fully saturated rings. The van der Waals surface area contributed by atoms with Gasteiger partial charge in [0.05, 0.1) is 0 Å². The van der Waals surface area contributed by atoms with Crippen LogP contribution in [0.15, 0.2) is 0 Å². The summed E-state index contributed by atoms with van der Waals surface area (Å²) in [5, 5.41) is 0. The molecule has 0 nitrogen and oxygen atoms in total. The van der Waals surface area contributed by atoms with Crippen LogP contribution in [0.4, 0.5) is 0 Å². The molecule has 0 aliphatic rings. The fourth-order valence-electron chi connectivity index (χ4n) is 2.24. The summed E-state index contributed by atoms with van der Waals surface area (Å²) in [5.74, 6) is 0. The van der Waals surface area contributed by atoms with Gasteiger partial charge < -0.3 is 0 Å². The van der Waals surface area contributed by atoms with E-state index in [0.717, 1.165) is 0 Å². The Morgan fingerprint density at radius 3 is 0.727 bits per heavy atom. The van der Waals surface area contributed by atoms with Crippen LogP contribution in [0.3, 0.4) is 0 Å². The molecule has 0 aromatic carbocycles. The topological polar surface area (TPSA) is 0 Å². The normalized spacial score (nSPS) is 15.9. The van der Waals surface area contributed by atoms with Gasteiger partial charge >= 0.3 is 73.6 Å². The van der Waals surface area contributed by atoms with E-state index in [9.17, 15) is 0 Å². The minimum atomic E-state index is -2.11. The Labute approximate surface area is 73.7 Å². The Morgan fingerprint density at radius 2 is 0.727 bits per heavy atom. The summed E-state index contributed by atoms with van der Waals surface area (Å²) in [6.45, 7) is 12.2. The predicted octanol–water partition coefficient (Wildman–Crippen LogP) is 4.87. The van der Waals surface area contributed by atoms with Crippen molar-refractivity contribution in [3.05, 3.63) is 0 Å². The molecule has 0 saturated carbocycles. The van der Waals surface area contributed by atoms with E-state index < -0.39 is 15.8 Å². The predicted molar refractivity (Wildman–Crippen MR) is 52.4 cm³/mol. The van der Waals surface area contributed by atoms with Crippen molar-refractivity contribution in [3.8, 4) is 0 Å². The van der Waals surface area contributed by atoms with Gasteiger partial charge in [-0.2, -0.15) is 0 Å². The molecule has 0 saturated heterocycles. The first-order chi connectivity index (χ1) is 5.12. The average Bonchev–Trinajstić information content (AvgIpc) is 2.12. The molecule has 0 amide bonds. The molecule has 0 aromatic rings. The van der Waals surface area contributed by atoms with E-state index in [0.29, 0.717) is 0 Å². The van der Waals surface area contributed by atoms with Crippen LogP contribution in [0, 0.1) is 0 Å². The third-order valence-electron chi connectivity index (χ3n) is 4.47. The van der Waals surface area contributed by atoms with Crippen molar-refractivity contribution in [2.24, 2.45) is 0 Å². The SMILES string of the molecule is C[CH2][Ta]([CH2]C)([CH2]C)([CH2]C)[CH2]C. The van der Waals surface area contributed by atoms with E-state index >= 15 is 0 Å². The van der Waals surface area contributed by atoms with Crippen LogP contribution in [0.25, 0.3) is 0 Å². The minimum absolute atomic E-state index is 1.55. The van der Waals surface area contributed by atoms with E-state index in [1.165, 1.54) is 0 Å². The molecule has 11 heavy (non-hydrogen) atoms. The first-order valence-electron chi connectivity index (χ1n) is 5.12. The molecule has 0 spiro atoms. The number of hydrogen-bond donors (Lipinski definition) is 0. The zero-order valence-electron chi connectivity index (χ0n) is 8.98. The maximum absolute atomic E-state index is 2.44. The summed E-state index contributed by atoms with van der Waals surface area (Å²) in [5.41, 5.74) is 0. The maximum atomic E-state index is 2.44. The van der Waals surface area contributed by atoms with Crippen LogP contribution in [-0.2, 0) is 15.8 Å². The molecular formula is C10H25Ta. The Bertz CT molecular complexity index is 77.2. The second-order valence-electron chi connectivity index (χ2n) is 3.82. The Balaban J connectivity index is 4.67. The number of rotatable bonds is 5. The molecule has 0 atom stereocenters. The van der Waals surface area contributed by atoms with E-state index in [1.54, 1.807) is 23.2 Å². The van der Waals surface area contributed by atoms with Crippen LogP contribution in [0.5, 0.6) is 0 Å². The Kier molecular flexibility index (Phi) is 4.39. The Hall–Kier alpha value is 0.740. The van der Waals surface area contributed by atoms with Crippen molar-refractivity contribution in [2.75, 3.05) is 0 Å². The molecule has 70 valence electrons. The van der Waals surface area contributed by atoms with Crippen molar-refractivity contribution in [1.82, 2.24) is 0 Å². The van der Waals surface area contributed by atoms with Gasteiger partial charge in [0, 0.05) is 0 Å². The molecule has 0 aliphatic heterocycles. The van der Waals surface area contributed by atoms with Crippen LogP contribution in [0.1, 0.15) is 34.6 Å². The summed E-state index contributed by atoms with van der Waals surface area (Å²) in [4.78, 5) is 0. The average molecular weight is 326 g/mol. The van der Waals surface area contributed by atoms with Gasteiger partial charge in [-0.1, -0.05) is 0 Å². The summed E-state index contributed by atoms with van der Waals surface area (Å²) >= 11 is -2.11. The third-order valence-corrected chi connectivity index (χ3v) is 36.6. The van der Waals surface area contributed by atoms with E-state index in [4.69, 9.17) is 0 Å². The Morgan fingerprint density at radius 1 is 0.545 bits per heavy atom. The fraction of sp³-hybridized carbons (Fsp3) is 1.00. The summed E-state index contributed by atoms with van der Waals surface area (Å²) in [6.07, 6.45) is 0. The quantitative estimate of drug-likeness (QED) is 0.676. The summed E-state index contributed by atoms with van der Waals surface area (Å²) < 4.78 is 7.74. The molecular weight excluding hydrogens is 301 g/mol. The first-order valence-corrected chi connectivity index (χ1v) is 16.5. The molecule has 0 aliphatic carbocycles. The molecule has 0 heterocycles. The summed E-state index contributed by atoms with van der Waals surface area (Å²) in [7, 11) is 0. The van der Waals surface area contributed by atoms with Gasteiger partial charge in [-0.3, -0.25) is 0 Å². The van der Waals surface area contributed by atoms with Gasteiger partial charge in [-0.15, -0.1) is 0 Å². The fourth-order valence-corrected chi connectivity index (χ4v) is 18.3. The standard InChI is InChI=1S/5C2H5.Ta/c5*1-2;/h5*1H2,2H3;. The number of hydrogen-bond acceptors (Lipinski definition) is 0. The first kappa shape index (κ1) is 11.7. The van der Waals surface area contributed by atoms with Gasteiger partial charge in [0.15, 0.2) is 0 Å². The van der Waals surface area contributed by atoms with Crippen molar-refractivity contribution >= 4 is 0 Å². The summed E-state index contributed by atoms with van der Waals surface area (Å²) in [6, 6.07) is 0. The van der Waals surface area contributed by atoms with Crippen molar-refractivity contribution in [2.45, 2.75) is 57.8 Å². The third kappa shape index (κ3) is 1.91. The van der Waals surface area contributed by atoms with Gasteiger partial charge in [0.2, 0.25) is 0 Å². The molecule has 0 bridgehead atoms. The van der Waals surface area contributed by atoms with E-state index in [-0.39, 0.29) is 0 Å². The molecule has 1 heteroatoms. The van der Waals surface area contributed by atoms with Gasteiger partial charge in [0.1, 0.15) is 0 Å². The van der Waals surface area contributed by atoms with Gasteiger partial charge in [0.25, 0.3) is 0 Å². The van der Waals surface area contributed by atoms with Gasteiger partial charge in [-0.25, -0.2) is 0 Å². The molecule has 0 unspecified atom stereocenters. The van der Waals surface area contributed by atoms with Crippen molar-refractivity contribution < 1.29 is 15.8 Å². The van der Waals surface area contributed by atoms with Crippen LogP contribution >= 0.6 is 0 Å². The van der Waals surface area contributed by atoms with Gasteiger partial charge in [-0.05, 0) is 0 Å². The van der Waals surface area contributed by atoms with Crippen LogP contribution in [-0.4, -0.2) is 0 Å². The zero-order valence-corrected chi connectivity index (χ0v) is 12.2. The monoisotopic (exact) mass is 326 g/mol. The van der Waals surface area contributed by atoms with E-state index in [1.807, 2.05) is 0 Å². The van der Waals surface area contributed by atoms with Crippen molar-refractivity contribution in [3.63, 3.8) is 0 Å². The zero-order chi connectivity index (χ0) is 8.98. The van der Waals surface area contributed by atoms with E-state index in [2.05, 4.69) is 34.6 Å². The second-order valence-corrected chi connectivity index (χ2v) is 31.2. The van der Waals surface area contributed by atoms with Crippen molar-refractivity contribution in [1.29, 1.82) is 0 Å².